The maximum atomic E-state index is 13.7. The summed E-state index contributed by atoms with van der Waals surface area (Å²) in [6.07, 6.45) is 5.01. The molecule has 0 saturated carbocycles. The third-order valence-electron chi connectivity index (χ3n) is 5.90. The largest absolute Gasteiger partial charge is 0.477 e. The minimum atomic E-state index is -0.438. The summed E-state index contributed by atoms with van der Waals surface area (Å²) in [6.45, 7) is 12.7. The molecule has 0 spiro atoms. The third-order valence-corrected chi connectivity index (χ3v) is 6.15. The van der Waals surface area contributed by atoms with Gasteiger partial charge in [-0.15, -0.1) is 6.58 Å². The first-order valence-electron chi connectivity index (χ1n) is 10.1. The van der Waals surface area contributed by atoms with Crippen LogP contribution in [0.4, 0.5) is 0 Å². The van der Waals surface area contributed by atoms with Crippen molar-refractivity contribution in [3.05, 3.63) is 47.5 Å². The van der Waals surface area contributed by atoms with Gasteiger partial charge in [-0.05, 0) is 57.2 Å². The highest BCUT2D eigenvalue weighted by Crippen LogP contribution is 2.45. The lowest BCUT2D eigenvalue weighted by Crippen LogP contribution is -2.55. The summed E-state index contributed by atoms with van der Waals surface area (Å²) in [5.41, 5.74) is 0.420. The van der Waals surface area contributed by atoms with E-state index < -0.39 is 5.41 Å². The molecule has 0 N–H and O–H groups in total. The normalized spacial score (nSPS) is 27.9. The van der Waals surface area contributed by atoms with E-state index in [1.54, 1.807) is 0 Å². The van der Waals surface area contributed by atoms with Crippen molar-refractivity contribution in [1.29, 1.82) is 0 Å². The fourth-order valence-electron chi connectivity index (χ4n) is 4.31. The smallest absolute Gasteiger partial charge is 0.230 e. The summed E-state index contributed by atoms with van der Waals surface area (Å²) in [5, 5.41) is 0.700. The molecule has 4 nitrogen and oxygen atoms in total. The lowest BCUT2D eigenvalue weighted by Gasteiger charge is -2.47. The number of ether oxygens (including phenoxy) is 1. The molecule has 0 aliphatic carbocycles. The zero-order valence-electron chi connectivity index (χ0n) is 17.4. The summed E-state index contributed by atoms with van der Waals surface area (Å²) in [5.74, 6) is 0.837. The zero-order valence-corrected chi connectivity index (χ0v) is 18.1. The van der Waals surface area contributed by atoms with Crippen LogP contribution in [0, 0.1) is 5.41 Å². The van der Waals surface area contributed by atoms with Crippen molar-refractivity contribution in [1.82, 2.24) is 4.90 Å². The number of piperidine rings is 1. The average molecular weight is 403 g/mol. The standard InChI is InChI=1S/C23H31ClN2O2/c1-6-13-23(5)14-12-19(16-8-10-17(24)11-9-16)26(21(23)27)18(7-2)20-25-22(3,4)15-28-20/h6,8-11,18-19H,1,7,12-15H2,2-5H3/t18?,19?,23-/m0/s1. The van der Waals surface area contributed by atoms with Crippen LogP contribution in [0.25, 0.3) is 0 Å². The molecule has 0 bridgehead atoms. The Kier molecular flexibility index (Phi) is 5.90. The molecule has 28 heavy (non-hydrogen) atoms. The van der Waals surface area contributed by atoms with Crippen molar-refractivity contribution in [3.63, 3.8) is 0 Å². The lowest BCUT2D eigenvalue weighted by molar-refractivity contribution is -0.151. The predicted octanol–water partition coefficient (Wildman–Crippen LogP) is 5.57. The highest BCUT2D eigenvalue weighted by atomic mass is 35.5. The van der Waals surface area contributed by atoms with Crippen LogP contribution in [-0.4, -0.2) is 34.9 Å². The Balaban J connectivity index is 2.03. The van der Waals surface area contributed by atoms with Crippen LogP contribution in [0.2, 0.25) is 5.02 Å². The van der Waals surface area contributed by atoms with E-state index >= 15 is 0 Å². The van der Waals surface area contributed by atoms with E-state index in [1.807, 2.05) is 35.2 Å². The number of hydrogen-bond donors (Lipinski definition) is 0. The van der Waals surface area contributed by atoms with Gasteiger partial charge in [0.1, 0.15) is 12.6 Å². The Hall–Kier alpha value is -1.81. The molecule has 5 heteroatoms. The molecule has 2 unspecified atom stereocenters. The number of rotatable bonds is 6. The molecule has 1 amide bonds. The Bertz CT molecular complexity index is 771. The van der Waals surface area contributed by atoms with Crippen LogP contribution in [0.5, 0.6) is 0 Å². The van der Waals surface area contributed by atoms with E-state index in [1.165, 1.54) is 0 Å². The second-order valence-corrected chi connectivity index (χ2v) is 9.28. The first-order valence-corrected chi connectivity index (χ1v) is 10.5. The predicted molar refractivity (Wildman–Crippen MR) is 115 cm³/mol. The highest BCUT2D eigenvalue weighted by molar-refractivity contribution is 6.30. The van der Waals surface area contributed by atoms with Gasteiger partial charge in [-0.1, -0.05) is 43.7 Å². The summed E-state index contributed by atoms with van der Waals surface area (Å²) in [7, 11) is 0. The van der Waals surface area contributed by atoms with Crippen molar-refractivity contribution in [2.45, 2.75) is 71.0 Å². The highest BCUT2D eigenvalue weighted by Gasteiger charge is 2.48. The summed E-state index contributed by atoms with van der Waals surface area (Å²) in [6, 6.07) is 7.66. The van der Waals surface area contributed by atoms with Gasteiger partial charge >= 0.3 is 0 Å². The molecular weight excluding hydrogens is 372 g/mol. The van der Waals surface area contributed by atoms with Crippen molar-refractivity contribution >= 4 is 23.4 Å². The molecule has 1 saturated heterocycles. The van der Waals surface area contributed by atoms with E-state index in [2.05, 4.69) is 34.3 Å². The fraction of sp³-hybridized carbons (Fsp3) is 0.565. The van der Waals surface area contributed by atoms with E-state index in [4.69, 9.17) is 21.3 Å². The molecule has 1 aromatic carbocycles. The van der Waals surface area contributed by atoms with Crippen molar-refractivity contribution < 1.29 is 9.53 Å². The first-order chi connectivity index (χ1) is 13.2. The molecule has 2 aliphatic rings. The number of carbonyl (C=O) groups excluding carboxylic acids is 1. The lowest BCUT2D eigenvalue weighted by atomic mass is 9.74. The summed E-state index contributed by atoms with van der Waals surface area (Å²) >= 11 is 6.10. The van der Waals surface area contributed by atoms with Crippen LogP contribution >= 0.6 is 11.6 Å². The second-order valence-electron chi connectivity index (χ2n) is 8.85. The molecule has 3 rings (SSSR count). The van der Waals surface area contributed by atoms with E-state index in [-0.39, 0.29) is 23.5 Å². The SMILES string of the molecule is C=CC[C@@]1(C)CCC(c2ccc(Cl)cc2)N(C(CC)C2=NC(C)(C)CO2)C1=O. The molecule has 0 aromatic heterocycles. The van der Waals surface area contributed by atoms with Crippen LogP contribution in [0.1, 0.15) is 65.0 Å². The fourth-order valence-corrected chi connectivity index (χ4v) is 4.43. The molecule has 2 aliphatic heterocycles. The van der Waals surface area contributed by atoms with Crippen molar-refractivity contribution in [3.8, 4) is 0 Å². The van der Waals surface area contributed by atoms with Gasteiger partial charge in [0.25, 0.3) is 0 Å². The van der Waals surface area contributed by atoms with Crippen molar-refractivity contribution in [2.75, 3.05) is 6.61 Å². The van der Waals surface area contributed by atoms with Gasteiger partial charge in [-0.2, -0.15) is 0 Å². The number of amides is 1. The van der Waals surface area contributed by atoms with Crippen LogP contribution in [-0.2, 0) is 9.53 Å². The topological polar surface area (TPSA) is 41.9 Å². The van der Waals surface area contributed by atoms with Crippen molar-refractivity contribution in [2.24, 2.45) is 10.4 Å². The van der Waals surface area contributed by atoms with Gasteiger partial charge in [0.05, 0.1) is 17.0 Å². The van der Waals surface area contributed by atoms with Gasteiger partial charge < -0.3 is 9.64 Å². The number of hydrogen-bond acceptors (Lipinski definition) is 3. The molecule has 2 heterocycles. The molecule has 1 aromatic rings. The van der Waals surface area contributed by atoms with Crippen LogP contribution in [0.15, 0.2) is 41.9 Å². The van der Waals surface area contributed by atoms with Gasteiger partial charge in [0.2, 0.25) is 11.8 Å². The molecule has 3 atom stereocenters. The molecule has 0 radical (unpaired) electrons. The minimum Gasteiger partial charge on any atom is -0.477 e. The number of benzene rings is 1. The van der Waals surface area contributed by atoms with Gasteiger partial charge in [-0.3, -0.25) is 4.79 Å². The summed E-state index contributed by atoms with van der Waals surface area (Å²) < 4.78 is 5.97. The Morgan fingerprint density at radius 3 is 2.57 bits per heavy atom. The summed E-state index contributed by atoms with van der Waals surface area (Å²) in [4.78, 5) is 20.6. The Morgan fingerprint density at radius 1 is 1.36 bits per heavy atom. The quantitative estimate of drug-likeness (QED) is 0.583. The number of likely N-dealkylation sites (tertiary alicyclic amines) is 1. The Labute approximate surface area is 173 Å². The molecule has 152 valence electrons. The molecule has 1 fully saturated rings. The third kappa shape index (κ3) is 3.98. The number of carbonyl (C=O) groups is 1. The van der Waals surface area contributed by atoms with E-state index in [9.17, 15) is 4.79 Å². The van der Waals surface area contributed by atoms with Gasteiger partial charge in [-0.25, -0.2) is 4.99 Å². The second kappa shape index (κ2) is 7.90. The average Bonchev–Trinajstić information content (AvgIpc) is 3.00. The number of allylic oxidation sites excluding steroid dienone is 1. The molecular formula is C23H31ClN2O2. The van der Waals surface area contributed by atoms with E-state index in [0.717, 1.165) is 24.8 Å². The number of nitrogens with zero attached hydrogens (tertiary/aromatic N) is 2. The minimum absolute atomic E-state index is 0.0115. The number of aliphatic imine (C=N–C) groups is 1. The monoisotopic (exact) mass is 402 g/mol. The van der Waals surface area contributed by atoms with Crippen LogP contribution in [0.3, 0.4) is 0 Å². The van der Waals surface area contributed by atoms with Gasteiger partial charge in [0, 0.05) is 5.02 Å². The van der Waals surface area contributed by atoms with Gasteiger partial charge in [0.15, 0.2) is 0 Å². The van der Waals surface area contributed by atoms with E-state index in [0.29, 0.717) is 23.9 Å². The zero-order chi connectivity index (χ0) is 20.5. The Morgan fingerprint density at radius 2 is 2.04 bits per heavy atom. The van der Waals surface area contributed by atoms with Crippen LogP contribution < -0.4 is 0 Å². The maximum Gasteiger partial charge on any atom is 0.230 e. The first kappa shape index (κ1) is 20.9. The maximum absolute atomic E-state index is 13.7. The number of halogens is 1.